The number of urea groups is 1. The highest BCUT2D eigenvalue weighted by Crippen LogP contribution is 2.51. The van der Waals surface area contributed by atoms with Crippen molar-refractivity contribution in [1.29, 1.82) is 0 Å². The van der Waals surface area contributed by atoms with Crippen molar-refractivity contribution >= 4 is 35.2 Å². The number of rotatable bonds is 4. The van der Waals surface area contributed by atoms with Crippen molar-refractivity contribution in [3.05, 3.63) is 58.1 Å². The van der Waals surface area contributed by atoms with Crippen LogP contribution in [0.3, 0.4) is 0 Å². The number of halogens is 5. The summed E-state index contributed by atoms with van der Waals surface area (Å²) in [5.41, 5.74) is -8.01. The molecule has 176 valence electrons. The monoisotopic (exact) mass is 488 g/mol. The molecule has 0 spiro atoms. The fourth-order valence-corrected chi connectivity index (χ4v) is 3.52. The van der Waals surface area contributed by atoms with Gasteiger partial charge in [-0.1, -0.05) is 17.7 Å². The standard InChI is InChI=1S/C21H17ClF4N2O5/c1-19(2,17(30)31)27-18(32)28-14-8-10(21(24,25)26)4-6-12(14)20(23,16(28)29)13-9-11(22)5-7-15(13)33-3/h4-9H,1-3H3,(H,27,32)(H,30,31). The van der Waals surface area contributed by atoms with Crippen LogP contribution in [0.1, 0.15) is 30.5 Å². The van der Waals surface area contributed by atoms with Crippen molar-refractivity contribution < 1.29 is 41.8 Å². The summed E-state index contributed by atoms with van der Waals surface area (Å²) in [6, 6.07) is 3.99. The van der Waals surface area contributed by atoms with Crippen LogP contribution >= 0.6 is 11.6 Å². The van der Waals surface area contributed by atoms with Gasteiger partial charge in [-0.2, -0.15) is 13.2 Å². The second kappa shape index (κ2) is 7.91. The first-order chi connectivity index (χ1) is 15.1. The summed E-state index contributed by atoms with van der Waals surface area (Å²) in [7, 11) is 1.18. The average molecular weight is 489 g/mol. The highest BCUT2D eigenvalue weighted by molar-refractivity contribution is 6.31. The molecule has 3 rings (SSSR count). The maximum absolute atomic E-state index is 16.6. The summed E-state index contributed by atoms with van der Waals surface area (Å²) in [6.45, 7) is 2.17. The minimum Gasteiger partial charge on any atom is -0.496 e. The number of hydrogen-bond donors (Lipinski definition) is 2. The van der Waals surface area contributed by atoms with Crippen LogP contribution in [0.15, 0.2) is 36.4 Å². The third-order valence-electron chi connectivity index (χ3n) is 5.12. The number of alkyl halides is 4. The van der Waals surface area contributed by atoms with Gasteiger partial charge in [-0.15, -0.1) is 0 Å². The van der Waals surface area contributed by atoms with E-state index in [1.807, 2.05) is 5.32 Å². The van der Waals surface area contributed by atoms with E-state index in [1.54, 1.807) is 0 Å². The number of nitrogens with zero attached hydrogens (tertiary/aromatic N) is 1. The Balaban J connectivity index is 2.27. The van der Waals surface area contributed by atoms with Gasteiger partial charge in [0.25, 0.3) is 5.91 Å². The summed E-state index contributed by atoms with van der Waals surface area (Å²) in [4.78, 5) is 37.7. The Bertz CT molecular complexity index is 1170. The molecule has 1 aliphatic rings. The van der Waals surface area contributed by atoms with Gasteiger partial charge in [-0.25, -0.2) is 18.9 Å². The van der Waals surface area contributed by atoms with Gasteiger partial charge in [-0.05, 0) is 44.2 Å². The van der Waals surface area contributed by atoms with Crippen LogP contribution in [-0.4, -0.2) is 35.7 Å². The number of carboxylic acids is 1. The average Bonchev–Trinajstić information content (AvgIpc) is 2.94. The second-order valence-corrected chi connectivity index (χ2v) is 8.17. The third kappa shape index (κ3) is 3.97. The normalized spacial score (nSPS) is 18.2. The molecular formula is C21H17ClF4N2O5. The van der Waals surface area contributed by atoms with Crippen molar-refractivity contribution in [2.75, 3.05) is 12.0 Å². The van der Waals surface area contributed by atoms with Gasteiger partial charge in [-0.3, -0.25) is 4.79 Å². The number of hydrogen-bond acceptors (Lipinski definition) is 4. The molecule has 7 nitrogen and oxygen atoms in total. The van der Waals surface area contributed by atoms with Crippen LogP contribution in [-0.2, 0) is 21.4 Å². The van der Waals surface area contributed by atoms with Crippen LogP contribution < -0.4 is 15.0 Å². The Morgan fingerprint density at radius 1 is 1.12 bits per heavy atom. The molecular weight excluding hydrogens is 472 g/mol. The molecule has 3 amide bonds. The van der Waals surface area contributed by atoms with E-state index in [0.717, 1.165) is 26.0 Å². The molecule has 12 heteroatoms. The molecule has 2 aromatic carbocycles. The molecule has 0 radical (unpaired) electrons. The maximum Gasteiger partial charge on any atom is 0.416 e. The van der Waals surface area contributed by atoms with Gasteiger partial charge in [0.05, 0.1) is 18.4 Å². The van der Waals surface area contributed by atoms with E-state index in [-0.39, 0.29) is 15.7 Å². The first-order valence-electron chi connectivity index (χ1n) is 9.29. The summed E-state index contributed by atoms with van der Waals surface area (Å²) < 4.78 is 61.7. The van der Waals surface area contributed by atoms with Crippen LogP contribution in [0, 0.1) is 0 Å². The number of carboxylic acid groups (broad SMARTS) is 1. The number of carbonyl (C=O) groups excluding carboxylic acids is 2. The van der Waals surface area contributed by atoms with E-state index < -0.39 is 57.7 Å². The number of carbonyl (C=O) groups is 3. The van der Waals surface area contributed by atoms with Gasteiger partial charge in [0.15, 0.2) is 0 Å². The smallest absolute Gasteiger partial charge is 0.416 e. The van der Waals surface area contributed by atoms with Crippen LogP contribution in [0.4, 0.5) is 28.0 Å². The number of fused-ring (bicyclic) bond motifs is 1. The largest absolute Gasteiger partial charge is 0.496 e. The summed E-state index contributed by atoms with van der Waals surface area (Å²) in [5.74, 6) is -3.19. The predicted octanol–water partition coefficient (Wildman–Crippen LogP) is 4.50. The first-order valence-corrected chi connectivity index (χ1v) is 9.67. The van der Waals surface area contributed by atoms with Gasteiger partial charge >= 0.3 is 18.2 Å². The zero-order valence-corrected chi connectivity index (χ0v) is 18.1. The zero-order chi connectivity index (χ0) is 24.9. The molecule has 0 bridgehead atoms. The topological polar surface area (TPSA) is 95.9 Å². The van der Waals surface area contributed by atoms with E-state index in [9.17, 15) is 32.7 Å². The maximum atomic E-state index is 16.6. The molecule has 2 aromatic rings. The molecule has 1 aliphatic heterocycles. The van der Waals surface area contributed by atoms with Crippen molar-refractivity contribution in [3.8, 4) is 5.75 Å². The predicted molar refractivity (Wildman–Crippen MR) is 109 cm³/mol. The molecule has 1 unspecified atom stereocenters. The van der Waals surface area contributed by atoms with E-state index >= 15 is 4.39 Å². The van der Waals surface area contributed by atoms with Crippen molar-refractivity contribution in [2.45, 2.75) is 31.2 Å². The number of amides is 3. The van der Waals surface area contributed by atoms with Crippen LogP contribution in [0.5, 0.6) is 5.75 Å². The first kappa shape index (κ1) is 24.3. The van der Waals surface area contributed by atoms with Crippen LogP contribution in [0.2, 0.25) is 5.02 Å². The zero-order valence-electron chi connectivity index (χ0n) is 17.4. The third-order valence-corrected chi connectivity index (χ3v) is 5.36. The molecule has 0 saturated carbocycles. The molecule has 33 heavy (non-hydrogen) atoms. The van der Waals surface area contributed by atoms with E-state index in [4.69, 9.17) is 16.3 Å². The summed E-state index contributed by atoms with van der Waals surface area (Å²) >= 11 is 5.95. The second-order valence-electron chi connectivity index (χ2n) is 7.73. The Hall–Kier alpha value is -3.34. The Morgan fingerprint density at radius 3 is 2.30 bits per heavy atom. The quantitative estimate of drug-likeness (QED) is 0.618. The summed E-state index contributed by atoms with van der Waals surface area (Å²) in [6.07, 6.45) is -4.87. The SMILES string of the molecule is COc1ccc(Cl)cc1C1(F)C(=O)N(C(=O)NC(C)(C)C(=O)O)c2cc(C(F)(F)F)ccc21. The highest BCUT2D eigenvalue weighted by atomic mass is 35.5. The fourth-order valence-electron chi connectivity index (χ4n) is 3.35. The van der Waals surface area contributed by atoms with Crippen molar-refractivity contribution in [3.63, 3.8) is 0 Å². The minimum absolute atomic E-state index is 0.000927. The molecule has 0 aromatic heterocycles. The highest BCUT2D eigenvalue weighted by Gasteiger charge is 2.57. The molecule has 2 N–H and O–H groups in total. The Morgan fingerprint density at radius 2 is 1.76 bits per heavy atom. The lowest BCUT2D eigenvalue weighted by molar-refractivity contribution is -0.143. The molecule has 0 fully saturated rings. The fraction of sp³-hybridized carbons (Fsp3) is 0.286. The van der Waals surface area contributed by atoms with Gasteiger partial charge in [0, 0.05) is 16.1 Å². The van der Waals surface area contributed by atoms with Crippen LogP contribution in [0.25, 0.3) is 0 Å². The Kier molecular flexibility index (Phi) is 5.82. The minimum atomic E-state index is -4.87. The van der Waals surface area contributed by atoms with Gasteiger partial charge in [0.1, 0.15) is 11.3 Å². The van der Waals surface area contributed by atoms with Crippen molar-refractivity contribution in [1.82, 2.24) is 5.32 Å². The van der Waals surface area contributed by atoms with E-state index in [2.05, 4.69) is 0 Å². The lowest BCUT2D eigenvalue weighted by Crippen LogP contribution is -2.56. The number of nitrogens with one attached hydrogen (secondary N) is 1. The van der Waals surface area contributed by atoms with E-state index in [0.29, 0.717) is 12.1 Å². The Labute approximate surface area is 189 Å². The lowest BCUT2D eigenvalue weighted by atomic mass is 9.88. The molecule has 1 heterocycles. The number of benzene rings is 2. The number of anilines is 1. The molecule has 0 aliphatic carbocycles. The number of ether oxygens (including phenoxy) is 1. The number of methoxy groups -OCH3 is 1. The van der Waals surface area contributed by atoms with Gasteiger partial charge in [0.2, 0.25) is 5.67 Å². The molecule has 1 atom stereocenters. The number of imide groups is 1. The summed E-state index contributed by atoms with van der Waals surface area (Å²) in [5, 5.41) is 11.3. The lowest BCUT2D eigenvalue weighted by Gasteiger charge is -2.26. The molecule has 0 saturated heterocycles. The van der Waals surface area contributed by atoms with Crippen molar-refractivity contribution in [2.24, 2.45) is 0 Å². The van der Waals surface area contributed by atoms with Gasteiger partial charge < -0.3 is 15.2 Å². The number of aliphatic carboxylic acids is 1. The van der Waals surface area contributed by atoms with E-state index in [1.165, 1.54) is 19.2 Å².